The average molecular weight is 479 g/mol. The van der Waals surface area contributed by atoms with E-state index in [1.165, 1.54) is 90.4 Å². The zero-order valence-corrected chi connectivity index (χ0v) is 21.2. The van der Waals surface area contributed by atoms with Gasteiger partial charge in [-0.3, -0.25) is 14.4 Å². The molecule has 0 saturated heterocycles. The maximum Gasteiger partial charge on any atom is 0.303 e. The van der Waals surface area contributed by atoms with Gasteiger partial charge in [-0.05, 0) is 6.42 Å². The van der Waals surface area contributed by atoms with Gasteiger partial charge in [-0.25, -0.2) is 0 Å². The van der Waals surface area contributed by atoms with Crippen molar-refractivity contribution in [3.63, 3.8) is 0 Å². The first-order valence-corrected chi connectivity index (χ1v) is 12.5. The molecule has 8 nitrogen and oxygen atoms in total. The highest BCUT2D eigenvalue weighted by molar-refractivity contribution is 5.66. The molecule has 33 heavy (non-hydrogen) atoms. The Morgan fingerprint density at radius 2 is 1.03 bits per heavy atom. The van der Waals surface area contributed by atoms with E-state index in [0.717, 1.165) is 19.8 Å². The highest BCUT2D eigenvalue weighted by Gasteiger charge is 2.02. The van der Waals surface area contributed by atoms with Gasteiger partial charge in [0.2, 0.25) is 0 Å². The van der Waals surface area contributed by atoms with E-state index in [-0.39, 0.29) is 13.2 Å². The van der Waals surface area contributed by atoms with Crippen LogP contribution in [0.1, 0.15) is 124 Å². The number of carboxylic acid groups (broad SMARTS) is 2. The van der Waals surface area contributed by atoms with Gasteiger partial charge in [-0.1, -0.05) is 96.8 Å². The fraction of sp³-hybridized carbons (Fsp3) is 0.880. The van der Waals surface area contributed by atoms with Crippen molar-refractivity contribution in [2.45, 2.75) is 130 Å². The van der Waals surface area contributed by atoms with E-state index in [1.54, 1.807) is 0 Å². The third-order valence-electron chi connectivity index (χ3n) is 4.68. The molecule has 0 spiro atoms. The van der Waals surface area contributed by atoms with E-state index < -0.39 is 24.0 Å². The minimum absolute atomic E-state index is 0.133. The first kappa shape index (κ1) is 35.9. The number of carbonyl (C=O) groups excluding carboxylic acids is 1. The van der Waals surface area contributed by atoms with Gasteiger partial charge in [0, 0.05) is 20.3 Å². The second-order valence-electron chi connectivity index (χ2n) is 8.25. The van der Waals surface area contributed by atoms with Crippen LogP contribution in [0.3, 0.4) is 0 Å². The first-order chi connectivity index (χ1) is 15.7. The molecule has 0 radical (unpaired) electrons. The zero-order chi connectivity index (χ0) is 25.7. The molecule has 0 aliphatic heterocycles. The van der Waals surface area contributed by atoms with Crippen LogP contribution in [0, 0.1) is 0 Å². The van der Waals surface area contributed by atoms with Crippen LogP contribution in [-0.4, -0.2) is 57.7 Å². The zero-order valence-electron chi connectivity index (χ0n) is 21.2. The Labute approximate surface area is 200 Å². The number of aliphatic carboxylic acids is 2. The molecule has 0 heterocycles. The molecule has 1 atom stereocenters. The summed E-state index contributed by atoms with van der Waals surface area (Å²) < 4.78 is 4.35. The largest absolute Gasteiger partial charge is 0.481 e. The number of carboxylic acids is 2. The Morgan fingerprint density at radius 3 is 1.30 bits per heavy atom. The number of ether oxygens (including phenoxy) is 1. The first-order valence-electron chi connectivity index (χ1n) is 12.5. The lowest BCUT2D eigenvalue weighted by Gasteiger charge is -2.05. The fourth-order valence-corrected chi connectivity index (χ4v) is 2.91. The summed E-state index contributed by atoms with van der Waals surface area (Å²) in [6.07, 6.45) is 19.2. The number of esters is 1. The van der Waals surface area contributed by atoms with Crippen molar-refractivity contribution < 1.29 is 39.5 Å². The van der Waals surface area contributed by atoms with Gasteiger partial charge >= 0.3 is 11.9 Å². The van der Waals surface area contributed by atoms with Crippen molar-refractivity contribution in [2.24, 2.45) is 0 Å². The molecule has 8 heteroatoms. The monoisotopic (exact) mass is 478 g/mol. The number of hydrogen-bond donors (Lipinski definition) is 4. The molecule has 0 saturated carbocycles. The second kappa shape index (κ2) is 30.3. The summed E-state index contributed by atoms with van der Waals surface area (Å²) in [5, 5.41) is 32.7. The molecule has 0 fully saturated rings. The molecule has 0 aliphatic rings. The number of unbranched alkanes of at least 4 members (excludes halogenated alkanes) is 14. The van der Waals surface area contributed by atoms with Gasteiger partial charge < -0.3 is 25.2 Å². The van der Waals surface area contributed by atoms with Crippen molar-refractivity contribution in [1.82, 2.24) is 0 Å². The minimum Gasteiger partial charge on any atom is -0.481 e. The average Bonchev–Trinajstić information content (AvgIpc) is 2.74. The van der Waals surface area contributed by atoms with E-state index in [2.05, 4.69) is 11.7 Å². The number of rotatable bonds is 19. The molecule has 0 aliphatic carbocycles. The van der Waals surface area contributed by atoms with Gasteiger partial charge in [0.05, 0.1) is 6.61 Å². The van der Waals surface area contributed by atoms with Gasteiger partial charge in [0.1, 0.15) is 12.7 Å². The molecule has 0 rings (SSSR count). The summed E-state index contributed by atoms with van der Waals surface area (Å²) in [6, 6.07) is 0. The summed E-state index contributed by atoms with van der Waals surface area (Å²) in [5.41, 5.74) is 0. The van der Waals surface area contributed by atoms with Crippen LogP contribution in [-0.2, 0) is 19.1 Å². The van der Waals surface area contributed by atoms with E-state index in [9.17, 15) is 9.59 Å². The van der Waals surface area contributed by atoms with Crippen LogP contribution in [0.4, 0.5) is 0 Å². The van der Waals surface area contributed by atoms with E-state index in [4.69, 9.17) is 25.2 Å². The van der Waals surface area contributed by atoms with Crippen LogP contribution in [0.2, 0.25) is 0 Å². The summed E-state index contributed by atoms with van der Waals surface area (Å²) >= 11 is 0. The normalized spacial score (nSPS) is 10.8. The molecule has 0 aromatic heterocycles. The second-order valence-corrected chi connectivity index (χ2v) is 8.25. The molecular weight excluding hydrogens is 428 g/mol. The van der Waals surface area contributed by atoms with Crippen molar-refractivity contribution >= 4 is 17.9 Å². The maximum absolute atomic E-state index is 10.3. The lowest BCUT2D eigenvalue weighted by Crippen LogP contribution is -2.20. The summed E-state index contributed by atoms with van der Waals surface area (Å²) in [7, 11) is 0. The molecule has 198 valence electrons. The quantitative estimate of drug-likeness (QED) is 0.144. The Bertz CT molecular complexity index is 436. The highest BCUT2D eigenvalue weighted by Crippen LogP contribution is 2.13. The number of aliphatic hydroxyl groups is 2. The summed E-state index contributed by atoms with van der Waals surface area (Å²) in [4.78, 5) is 29.4. The molecule has 0 bridgehead atoms. The van der Waals surface area contributed by atoms with Crippen LogP contribution in [0.25, 0.3) is 0 Å². The third-order valence-corrected chi connectivity index (χ3v) is 4.68. The predicted octanol–water partition coefficient (Wildman–Crippen LogP) is 5.33. The van der Waals surface area contributed by atoms with Crippen molar-refractivity contribution in [3.05, 3.63) is 0 Å². The SMILES string of the molecule is CC(=O)O.CC(=O)OCC(O)CO.CCCCCCCCCCCCCCCCCC(=O)O. The van der Waals surface area contributed by atoms with Crippen molar-refractivity contribution in [1.29, 1.82) is 0 Å². The van der Waals surface area contributed by atoms with Crippen LogP contribution in [0.15, 0.2) is 0 Å². The van der Waals surface area contributed by atoms with Crippen molar-refractivity contribution in [2.75, 3.05) is 13.2 Å². The number of aliphatic hydroxyl groups excluding tert-OH is 2. The maximum atomic E-state index is 10.3. The molecule has 0 aromatic carbocycles. The van der Waals surface area contributed by atoms with Gasteiger partial charge in [0.15, 0.2) is 0 Å². The van der Waals surface area contributed by atoms with Gasteiger partial charge in [0.25, 0.3) is 5.97 Å². The summed E-state index contributed by atoms with van der Waals surface area (Å²) in [6.45, 7) is 4.08. The fourth-order valence-electron chi connectivity index (χ4n) is 2.91. The minimum atomic E-state index is -0.950. The number of hydrogen-bond acceptors (Lipinski definition) is 6. The lowest BCUT2D eigenvalue weighted by atomic mass is 10.0. The molecule has 0 amide bonds. The predicted molar refractivity (Wildman–Crippen MR) is 130 cm³/mol. The Morgan fingerprint density at radius 1 is 0.697 bits per heavy atom. The van der Waals surface area contributed by atoms with Crippen LogP contribution < -0.4 is 0 Å². The Balaban J connectivity index is -0.000000569. The van der Waals surface area contributed by atoms with E-state index in [1.807, 2.05) is 0 Å². The smallest absolute Gasteiger partial charge is 0.303 e. The van der Waals surface area contributed by atoms with Crippen molar-refractivity contribution in [3.8, 4) is 0 Å². The lowest BCUT2D eigenvalue weighted by molar-refractivity contribution is -0.144. The highest BCUT2D eigenvalue weighted by atomic mass is 16.5. The topological polar surface area (TPSA) is 141 Å². The third kappa shape index (κ3) is 48.8. The molecule has 0 aromatic rings. The Hall–Kier alpha value is -1.67. The Kier molecular flexibility index (Phi) is 33.0. The molecule has 1 unspecified atom stereocenters. The molecular formula is C25H50O8. The van der Waals surface area contributed by atoms with Gasteiger partial charge in [-0.15, -0.1) is 0 Å². The van der Waals surface area contributed by atoms with Crippen LogP contribution >= 0.6 is 0 Å². The van der Waals surface area contributed by atoms with Gasteiger partial charge in [-0.2, -0.15) is 0 Å². The summed E-state index contributed by atoms with van der Waals surface area (Å²) in [5.74, 6) is -1.94. The van der Waals surface area contributed by atoms with E-state index in [0.29, 0.717) is 6.42 Å². The van der Waals surface area contributed by atoms with E-state index >= 15 is 0 Å². The number of carbonyl (C=O) groups is 3. The van der Waals surface area contributed by atoms with Crippen LogP contribution in [0.5, 0.6) is 0 Å². The standard InChI is InChI=1S/C18H36O2.C5H10O4.C2H4O2/c1-2-3-4-5-6-7-8-9-10-11-12-13-14-15-16-17-18(19)20;1-4(7)9-3-5(8)2-6;1-2(3)4/h2-17H2,1H3,(H,19,20);5-6,8H,2-3H2,1H3;1H3,(H,3,4). The molecule has 4 N–H and O–H groups in total.